The maximum Gasteiger partial charge on any atom is 0.137 e. The molecule has 0 radical (unpaired) electrons. The molecule has 2 saturated heterocycles. The molecule has 0 bridgehead atoms. The number of nitrogens with zero attached hydrogens (tertiary/aromatic N) is 4. The maximum atomic E-state index is 15.0. The molecule has 1 aromatic carbocycles. The van der Waals surface area contributed by atoms with Crippen LogP contribution < -0.4 is 20.4 Å². The molecule has 33 heavy (non-hydrogen) atoms. The zero-order chi connectivity index (χ0) is 22.9. The fourth-order valence-corrected chi connectivity index (χ4v) is 4.62. The minimum absolute atomic E-state index is 0.208. The van der Waals surface area contributed by atoms with E-state index < -0.39 is 11.6 Å². The van der Waals surface area contributed by atoms with Crippen LogP contribution >= 0.6 is 0 Å². The summed E-state index contributed by atoms with van der Waals surface area (Å²) in [7, 11) is 0. The van der Waals surface area contributed by atoms with E-state index in [0.717, 1.165) is 61.5 Å². The molecule has 0 spiro atoms. The Morgan fingerprint density at radius 2 is 1.94 bits per heavy atom. The molecule has 1 atom stereocenters. The van der Waals surface area contributed by atoms with Crippen LogP contribution in [-0.2, 0) is 4.74 Å². The van der Waals surface area contributed by atoms with Crippen molar-refractivity contribution in [3.8, 4) is 0 Å². The highest BCUT2D eigenvalue weighted by Gasteiger charge is 2.25. The first-order valence-corrected chi connectivity index (χ1v) is 11.3. The summed E-state index contributed by atoms with van der Waals surface area (Å²) < 4.78 is 34.6. The number of nitrogens with one attached hydrogen (secondary N) is 2. The van der Waals surface area contributed by atoms with Crippen molar-refractivity contribution in [1.29, 1.82) is 0 Å². The van der Waals surface area contributed by atoms with E-state index >= 15 is 4.39 Å². The standard InChI is InChI=1S/C24H28F2N6O/c1-15-12-27-3-4-32(15)24-16(2)23(22-20(26)9-17(25)10-21(22)30-24)29-18-11-19(14-28-13-18)31-5-7-33-8-6-31/h9-11,13-15,27H,3-8,12H2,1-2H3,(H,29,30)/t15-/m1/s1. The van der Waals surface area contributed by atoms with E-state index in [1.165, 1.54) is 6.07 Å². The number of halogens is 2. The molecule has 0 unspecified atom stereocenters. The Balaban J connectivity index is 1.60. The van der Waals surface area contributed by atoms with E-state index in [1.54, 1.807) is 6.20 Å². The number of fused-ring (bicyclic) bond motifs is 1. The van der Waals surface area contributed by atoms with Crippen molar-refractivity contribution < 1.29 is 13.5 Å². The van der Waals surface area contributed by atoms with Crippen molar-refractivity contribution in [1.82, 2.24) is 15.3 Å². The topological polar surface area (TPSA) is 65.5 Å². The number of piperazine rings is 1. The Morgan fingerprint density at radius 1 is 1.12 bits per heavy atom. The van der Waals surface area contributed by atoms with Crippen molar-refractivity contribution in [3.05, 3.63) is 47.8 Å². The van der Waals surface area contributed by atoms with E-state index in [4.69, 9.17) is 9.72 Å². The quantitative estimate of drug-likeness (QED) is 0.625. The molecule has 0 amide bonds. The monoisotopic (exact) mass is 454 g/mol. The van der Waals surface area contributed by atoms with Crippen LogP contribution in [0.15, 0.2) is 30.6 Å². The third-order valence-corrected chi connectivity index (χ3v) is 6.36. The summed E-state index contributed by atoms with van der Waals surface area (Å²) in [6, 6.07) is 4.41. The summed E-state index contributed by atoms with van der Waals surface area (Å²) in [4.78, 5) is 13.5. The Bertz CT molecular complexity index is 1170. The first-order chi connectivity index (χ1) is 16.0. The fraction of sp³-hybridized carbons (Fsp3) is 0.417. The van der Waals surface area contributed by atoms with Gasteiger partial charge in [0.15, 0.2) is 0 Å². The predicted molar refractivity (Wildman–Crippen MR) is 127 cm³/mol. The van der Waals surface area contributed by atoms with Crippen molar-refractivity contribution in [2.45, 2.75) is 19.9 Å². The van der Waals surface area contributed by atoms with Gasteiger partial charge >= 0.3 is 0 Å². The lowest BCUT2D eigenvalue weighted by atomic mass is 10.1. The number of morpholine rings is 1. The molecular weight excluding hydrogens is 426 g/mol. The molecular formula is C24H28F2N6O. The smallest absolute Gasteiger partial charge is 0.137 e. The lowest BCUT2D eigenvalue weighted by Crippen LogP contribution is -2.50. The minimum atomic E-state index is -0.641. The molecule has 0 saturated carbocycles. The first-order valence-electron chi connectivity index (χ1n) is 11.3. The molecule has 2 aliphatic rings. The normalized spacial score (nSPS) is 19.2. The molecule has 4 heterocycles. The summed E-state index contributed by atoms with van der Waals surface area (Å²) in [5.41, 5.74) is 3.40. The SMILES string of the molecule is Cc1c(N2CCNC[C@H]2C)nc2cc(F)cc(F)c2c1Nc1cncc(N2CCOCC2)c1. The maximum absolute atomic E-state index is 15.0. The Hall–Kier alpha value is -3.04. The number of pyridine rings is 2. The highest BCUT2D eigenvalue weighted by Crippen LogP contribution is 2.37. The van der Waals surface area contributed by atoms with Gasteiger partial charge in [0.25, 0.3) is 0 Å². The third kappa shape index (κ3) is 4.30. The van der Waals surface area contributed by atoms with Crippen molar-refractivity contribution in [2.75, 3.05) is 61.1 Å². The van der Waals surface area contributed by atoms with Gasteiger partial charge in [-0.25, -0.2) is 13.8 Å². The number of aromatic nitrogens is 2. The van der Waals surface area contributed by atoms with Crippen LogP contribution in [0, 0.1) is 18.6 Å². The molecule has 2 aromatic heterocycles. The number of hydrogen-bond acceptors (Lipinski definition) is 7. The number of hydrogen-bond donors (Lipinski definition) is 2. The van der Waals surface area contributed by atoms with E-state index in [9.17, 15) is 4.39 Å². The average molecular weight is 455 g/mol. The largest absolute Gasteiger partial charge is 0.378 e. The van der Waals surface area contributed by atoms with Gasteiger partial charge in [0, 0.05) is 56.5 Å². The molecule has 2 N–H and O–H groups in total. The van der Waals surface area contributed by atoms with Gasteiger partial charge in [0.05, 0.1) is 53.6 Å². The molecule has 5 rings (SSSR count). The second kappa shape index (κ2) is 9.07. The number of benzene rings is 1. The van der Waals surface area contributed by atoms with Crippen LogP contribution in [-0.4, -0.2) is 61.9 Å². The van der Waals surface area contributed by atoms with E-state index in [-0.39, 0.29) is 11.4 Å². The molecule has 2 fully saturated rings. The predicted octanol–water partition coefficient (Wildman–Crippen LogP) is 3.59. The van der Waals surface area contributed by atoms with Crippen molar-refractivity contribution in [2.24, 2.45) is 0 Å². The lowest BCUT2D eigenvalue weighted by Gasteiger charge is -2.36. The number of anilines is 4. The van der Waals surface area contributed by atoms with Crippen molar-refractivity contribution in [3.63, 3.8) is 0 Å². The summed E-state index contributed by atoms with van der Waals surface area (Å²) in [5.74, 6) is -0.542. The van der Waals surface area contributed by atoms with Gasteiger partial charge < -0.3 is 25.2 Å². The summed E-state index contributed by atoms with van der Waals surface area (Å²) >= 11 is 0. The second-order valence-corrected chi connectivity index (χ2v) is 8.62. The van der Waals surface area contributed by atoms with Crippen LogP contribution in [0.4, 0.5) is 31.7 Å². The molecule has 2 aliphatic heterocycles. The van der Waals surface area contributed by atoms with Gasteiger partial charge in [0.2, 0.25) is 0 Å². The highest BCUT2D eigenvalue weighted by molar-refractivity contribution is 5.97. The van der Waals surface area contributed by atoms with E-state index in [0.29, 0.717) is 24.4 Å². The molecule has 9 heteroatoms. The Morgan fingerprint density at radius 3 is 2.73 bits per heavy atom. The molecule has 0 aliphatic carbocycles. The first kappa shape index (κ1) is 21.8. The summed E-state index contributed by atoms with van der Waals surface area (Å²) in [5, 5.41) is 7.03. The van der Waals surface area contributed by atoms with Gasteiger partial charge in [-0.1, -0.05) is 0 Å². The Labute approximate surface area is 191 Å². The van der Waals surface area contributed by atoms with E-state index in [2.05, 4.69) is 32.3 Å². The highest BCUT2D eigenvalue weighted by atomic mass is 19.1. The summed E-state index contributed by atoms with van der Waals surface area (Å²) in [6.45, 7) is 9.41. The Kier molecular flexibility index (Phi) is 5.99. The second-order valence-electron chi connectivity index (χ2n) is 8.62. The molecule has 174 valence electrons. The van der Waals surface area contributed by atoms with Gasteiger partial charge in [-0.05, 0) is 19.9 Å². The number of ether oxygens (including phenoxy) is 1. The van der Waals surface area contributed by atoms with Gasteiger partial charge in [0.1, 0.15) is 17.5 Å². The summed E-state index contributed by atoms with van der Waals surface area (Å²) in [6.07, 6.45) is 3.53. The van der Waals surface area contributed by atoms with Gasteiger partial charge in [-0.15, -0.1) is 0 Å². The van der Waals surface area contributed by atoms with Crippen LogP contribution in [0.2, 0.25) is 0 Å². The lowest BCUT2D eigenvalue weighted by molar-refractivity contribution is 0.122. The minimum Gasteiger partial charge on any atom is -0.378 e. The van der Waals surface area contributed by atoms with Gasteiger partial charge in [-0.3, -0.25) is 4.98 Å². The van der Waals surface area contributed by atoms with Crippen LogP contribution in [0.3, 0.4) is 0 Å². The zero-order valence-electron chi connectivity index (χ0n) is 18.9. The average Bonchev–Trinajstić information content (AvgIpc) is 2.82. The molecule has 3 aromatic rings. The fourth-order valence-electron chi connectivity index (χ4n) is 4.62. The third-order valence-electron chi connectivity index (χ3n) is 6.36. The molecule has 7 nitrogen and oxygen atoms in total. The van der Waals surface area contributed by atoms with Crippen LogP contribution in [0.1, 0.15) is 12.5 Å². The van der Waals surface area contributed by atoms with E-state index in [1.807, 2.05) is 19.2 Å². The van der Waals surface area contributed by atoms with Crippen molar-refractivity contribution >= 4 is 33.8 Å². The van der Waals surface area contributed by atoms with Crippen LogP contribution in [0.25, 0.3) is 10.9 Å². The zero-order valence-corrected chi connectivity index (χ0v) is 18.9. The van der Waals surface area contributed by atoms with Gasteiger partial charge in [-0.2, -0.15) is 0 Å². The van der Waals surface area contributed by atoms with Crippen LogP contribution in [0.5, 0.6) is 0 Å². The number of rotatable bonds is 4.